The molecule has 20 heavy (non-hydrogen) atoms. The molecule has 0 saturated heterocycles. The Bertz CT molecular complexity index is 526. The van der Waals surface area contributed by atoms with Crippen LogP contribution in [0.15, 0.2) is 24.3 Å². The summed E-state index contributed by atoms with van der Waals surface area (Å²) in [5.41, 5.74) is 2.70. The Morgan fingerprint density at radius 2 is 1.85 bits per heavy atom. The number of hydrogen-bond acceptors (Lipinski definition) is 2. The Balaban J connectivity index is 1.82. The molecule has 1 N–H and O–H groups in total. The normalized spacial score (nSPS) is 34.2. The lowest BCUT2D eigenvalue weighted by molar-refractivity contribution is 0.101. The number of anilines is 1. The van der Waals surface area contributed by atoms with Gasteiger partial charge < -0.3 is 5.32 Å². The minimum atomic E-state index is 0.128. The van der Waals surface area contributed by atoms with Crippen LogP contribution in [0.4, 0.5) is 5.69 Å². The Kier molecular flexibility index (Phi) is 2.97. The van der Waals surface area contributed by atoms with Gasteiger partial charge in [-0.15, -0.1) is 0 Å². The second-order valence-corrected chi connectivity index (χ2v) is 7.63. The van der Waals surface area contributed by atoms with E-state index in [2.05, 4.69) is 26.1 Å². The van der Waals surface area contributed by atoms with Crippen LogP contribution in [0.25, 0.3) is 0 Å². The molecule has 2 fully saturated rings. The zero-order chi connectivity index (χ0) is 14.5. The molecule has 0 heterocycles. The number of Topliss-reactive ketones (excluding diaryl/α,β-unsaturated/α-hetero) is 1. The van der Waals surface area contributed by atoms with Crippen molar-refractivity contribution in [3.63, 3.8) is 0 Å². The highest BCUT2D eigenvalue weighted by Crippen LogP contribution is 2.63. The van der Waals surface area contributed by atoms with E-state index in [1.165, 1.54) is 19.3 Å². The lowest BCUT2D eigenvalue weighted by atomic mass is 9.68. The third-order valence-electron chi connectivity index (χ3n) is 5.87. The largest absolute Gasteiger partial charge is 0.381 e. The van der Waals surface area contributed by atoms with E-state index in [0.29, 0.717) is 16.9 Å². The van der Waals surface area contributed by atoms with E-state index in [1.807, 2.05) is 24.3 Å². The molecule has 2 saturated carbocycles. The number of hydrogen-bond donors (Lipinski definition) is 1. The monoisotopic (exact) mass is 271 g/mol. The van der Waals surface area contributed by atoms with E-state index in [9.17, 15) is 4.79 Å². The van der Waals surface area contributed by atoms with Gasteiger partial charge in [0.05, 0.1) is 0 Å². The number of carbonyl (C=O) groups excluding carboxylic acids is 1. The molecule has 2 aliphatic rings. The van der Waals surface area contributed by atoms with Crippen molar-refractivity contribution in [1.82, 2.24) is 0 Å². The van der Waals surface area contributed by atoms with Gasteiger partial charge in [0.25, 0.3) is 0 Å². The predicted octanol–water partition coefficient (Wildman–Crippen LogP) is 4.52. The number of nitrogens with one attached hydrogen (secondary N) is 1. The smallest absolute Gasteiger partial charge is 0.159 e. The van der Waals surface area contributed by atoms with Crippen LogP contribution in [0.3, 0.4) is 0 Å². The average molecular weight is 271 g/mol. The summed E-state index contributed by atoms with van der Waals surface area (Å²) in [6, 6.07) is 8.46. The molecule has 3 unspecified atom stereocenters. The summed E-state index contributed by atoms with van der Waals surface area (Å²) in [4.78, 5) is 11.3. The summed E-state index contributed by atoms with van der Waals surface area (Å²) in [5, 5.41) is 3.76. The van der Waals surface area contributed by atoms with Crippen molar-refractivity contribution in [2.24, 2.45) is 16.7 Å². The molecular formula is C18H25NO. The molecule has 2 nitrogen and oxygen atoms in total. The van der Waals surface area contributed by atoms with Gasteiger partial charge in [-0.25, -0.2) is 0 Å². The maximum Gasteiger partial charge on any atom is 0.159 e. The number of rotatable bonds is 3. The lowest BCUT2D eigenvalue weighted by Crippen LogP contribution is -2.45. The predicted molar refractivity (Wildman–Crippen MR) is 83.1 cm³/mol. The third-order valence-corrected chi connectivity index (χ3v) is 5.87. The van der Waals surface area contributed by atoms with E-state index in [0.717, 1.165) is 17.2 Å². The maximum absolute atomic E-state index is 11.3. The van der Waals surface area contributed by atoms with Gasteiger partial charge in [0, 0.05) is 17.3 Å². The molecule has 1 aromatic rings. The van der Waals surface area contributed by atoms with E-state index in [4.69, 9.17) is 0 Å². The van der Waals surface area contributed by atoms with Crippen molar-refractivity contribution >= 4 is 11.5 Å². The van der Waals surface area contributed by atoms with Crippen LogP contribution in [-0.4, -0.2) is 11.8 Å². The molecule has 0 aromatic heterocycles. The zero-order valence-corrected chi connectivity index (χ0v) is 13.0. The van der Waals surface area contributed by atoms with Gasteiger partial charge in [0.1, 0.15) is 0 Å². The first-order chi connectivity index (χ1) is 9.33. The Morgan fingerprint density at radius 1 is 1.20 bits per heavy atom. The van der Waals surface area contributed by atoms with Crippen molar-refractivity contribution in [3.05, 3.63) is 29.8 Å². The summed E-state index contributed by atoms with van der Waals surface area (Å²) in [6.45, 7) is 8.86. The fourth-order valence-electron chi connectivity index (χ4n) is 4.63. The van der Waals surface area contributed by atoms with Crippen LogP contribution < -0.4 is 5.32 Å². The fourth-order valence-corrected chi connectivity index (χ4v) is 4.63. The van der Waals surface area contributed by atoms with Crippen molar-refractivity contribution in [2.75, 3.05) is 5.32 Å². The van der Waals surface area contributed by atoms with Crippen molar-refractivity contribution < 1.29 is 4.79 Å². The number of carbonyl (C=O) groups is 1. The fraction of sp³-hybridized carbons (Fsp3) is 0.611. The van der Waals surface area contributed by atoms with Crippen LogP contribution in [0, 0.1) is 16.7 Å². The van der Waals surface area contributed by atoms with Gasteiger partial charge in [-0.2, -0.15) is 0 Å². The van der Waals surface area contributed by atoms with Crippen LogP contribution in [0.1, 0.15) is 57.3 Å². The van der Waals surface area contributed by atoms with Crippen LogP contribution in [0.5, 0.6) is 0 Å². The summed E-state index contributed by atoms with van der Waals surface area (Å²) < 4.78 is 0. The lowest BCUT2D eigenvalue weighted by Gasteiger charge is -2.43. The highest BCUT2D eigenvalue weighted by atomic mass is 16.1. The Hall–Kier alpha value is -1.31. The highest BCUT2D eigenvalue weighted by molar-refractivity contribution is 5.94. The van der Waals surface area contributed by atoms with E-state index < -0.39 is 0 Å². The first-order valence-electron chi connectivity index (χ1n) is 7.70. The average Bonchev–Trinajstić information content (AvgIpc) is 2.86. The molecule has 3 atom stereocenters. The quantitative estimate of drug-likeness (QED) is 0.819. The number of ketones is 1. The summed E-state index contributed by atoms with van der Waals surface area (Å²) in [5.74, 6) is 0.977. The Labute approximate surface area is 122 Å². The minimum absolute atomic E-state index is 0.128. The molecule has 3 rings (SSSR count). The van der Waals surface area contributed by atoms with Gasteiger partial charge in [0.2, 0.25) is 0 Å². The highest BCUT2D eigenvalue weighted by Gasteiger charge is 2.59. The van der Waals surface area contributed by atoms with Crippen molar-refractivity contribution in [1.29, 1.82) is 0 Å². The molecule has 108 valence electrons. The summed E-state index contributed by atoms with van der Waals surface area (Å²) in [7, 11) is 0. The van der Waals surface area contributed by atoms with Crippen LogP contribution in [-0.2, 0) is 0 Å². The molecule has 0 spiro atoms. The molecule has 2 aliphatic carbocycles. The molecule has 1 aromatic carbocycles. The van der Waals surface area contributed by atoms with E-state index in [-0.39, 0.29) is 5.78 Å². The molecular weight excluding hydrogens is 246 g/mol. The SMILES string of the molecule is CC(=O)c1ccc(NC2C3(C)CCC(C3)C2(C)C)cc1. The maximum atomic E-state index is 11.3. The van der Waals surface area contributed by atoms with Crippen LogP contribution in [0.2, 0.25) is 0 Å². The standard InChI is InChI=1S/C18H25NO/c1-12(20)13-5-7-15(8-6-13)19-16-17(2,3)14-9-10-18(16,4)11-14/h5-8,14,16,19H,9-11H2,1-4H3. The third kappa shape index (κ3) is 1.97. The summed E-state index contributed by atoms with van der Waals surface area (Å²) in [6.07, 6.45) is 4.07. The molecule has 0 aliphatic heterocycles. The molecule has 0 radical (unpaired) electrons. The summed E-state index contributed by atoms with van der Waals surface area (Å²) >= 11 is 0. The number of fused-ring (bicyclic) bond motifs is 2. The molecule has 2 heteroatoms. The van der Waals surface area contributed by atoms with Crippen molar-refractivity contribution in [3.8, 4) is 0 Å². The van der Waals surface area contributed by atoms with Crippen LogP contribution >= 0.6 is 0 Å². The van der Waals surface area contributed by atoms with Crippen molar-refractivity contribution in [2.45, 2.75) is 53.0 Å². The molecule has 0 amide bonds. The van der Waals surface area contributed by atoms with Gasteiger partial charge in [-0.3, -0.25) is 4.79 Å². The first-order valence-corrected chi connectivity index (χ1v) is 7.70. The van der Waals surface area contributed by atoms with Gasteiger partial charge in [-0.05, 0) is 67.2 Å². The second-order valence-electron chi connectivity index (χ2n) is 7.63. The van der Waals surface area contributed by atoms with E-state index in [1.54, 1.807) is 6.92 Å². The molecule has 2 bridgehead atoms. The van der Waals surface area contributed by atoms with Gasteiger partial charge >= 0.3 is 0 Å². The Morgan fingerprint density at radius 3 is 2.35 bits per heavy atom. The zero-order valence-electron chi connectivity index (χ0n) is 13.0. The first kappa shape index (κ1) is 13.7. The number of benzene rings is 1. The van der Waals surface area contributed by atoms with Gasteiger partial charge in [-0.1, -0.05) is 20.8 Å². The van der Waals surface area contributed by atoms with E-state index >= 15 is 0 Å². The second kappa shape index (κ2) is 4.34. The minimum Gasteiger partial charge on any atom is -0.381 e. The van der Waals surface area contributed by atoms with Gasteiger partial charge in [0.15, 0.2) is 5.78 Å². The topological polar surface area (TPSA) is 29.1 Å².